The molecule has 2 aliphatic rings. The molecule has 0 spiro atoms. The minimum Gasteiger partial charge on any atom is -0.335 e. The van der Waals surface area contributed by atoms with Gasteiger partial charge < -0.3 is 10.2 Å². The summed E-state index contributed by atoms with van der Waals surface area (Å²) >= 11 is 0. The number of H-pyrrole nitrogens is 1. The average Bonchev–Trinajstić information content (AvgIpc) is 3.05. The summed E-state index contributed by atoms with van der Waals surface area (Å²) < 4.78 is 0. The molecule has 1 aliphatic heterocycles. The molecule has 24 heavy (non-hydrogen) atoms. The standard InChI is InChI=1S/C19H24N4O/c1-22-9-11-23(12-10-22)13-18(24)21-19-14-5-2-3-7-16(14)20-17-8-4-6-15(17)19/h2-3,5,7H,4,6,8-13H2,1H3,(H,20,21,24)/p+2. The monoisotopic (exact) mass is 326 g/mol. The molecule has 1 amide bonds. The summed E-state index contributed by atoms with van der Waals surface area (Å²) in [6, 6.07) is 8.26. The van der Waals surface area contributed by atoms with E-state index in [2.05, 4.69) is 34.4 Å². The number of piperazine rings is 1. The number of nitrogens with zero attached hydrogens (tertiary/aromatic N) is 1. The molecule has 1 aliphatic carbocycles. The highest BCUT2D eigenvalue weighted by atomic mass is 16.2. The number of pyridine rings is 1. The molecule has 5 nitrogen and oxygen atoms in total. The number of hydrogen-bond donors (Lipinski definition) is 2. The number of para-hydroxylation sites is 1. The summed E-state index contributed by atoms with van der Waals surface area (Å²) in [5.41, 5.74) is 4.72. The SMILES string of the molecule is C[NH+]1CCN(CC(=O)Nc2c3c([nH+]c4ccccc24)CCC3)CC1. The summed E-state index contributed by atoms with van der Waals surface area (Å²) in [5, 5.41) is 4.36. The Kier molecular flexibility index (Phi) is 4.21. The smallest absolute Gasteiger partial charge is 0.238 e. The fourth-order valence-corrected chi connectivity index (χ4v) is 3.91. The lowest BCUT2D eigenvalue weighted by Crippen LogP contribution is -3.12. The molecule has 1 saturated heterocycles. The Balaban J connectivity index is 1.57. The number of aromatic amines is 1. The number of rotatable bonds is 3. The van der Waals surface area contributed by atoms with Crippen LogP contribution in [0.5, 0.6) is 0 Å². The van der Waals surface area contributed by atoms with E-state index in [-0.39, 0.29) is 5.91 Å². The number of carbonyl (C=O) groups excluding carboxylic acids is 1. The van der Waals surface area contributed by atoms with E-state index < -0.39 is 0 Å². The van der Waals surface area contributed by atoms with Gasteiger partial charge in [0.1, 0.15) is 0 Å². The number of aryl methyl sites for hydroxylation is 1. The maximum atomic E-state index is 12.6. The van der Waals surface area contributed by atoms with Gasteiger partial charge >= 0.3 is 0 Å². The maximum Gasteiger partial charge on any atom is 0.238 e. The number of amides is 1. The Morgan fingerprint density at radius 1 is 1.25 bits per heavy atom. The molecular weight excluding hydrogens is 300 g/mol. The van der Waals surface area contributed by atoms with Crippen LogP contribution in [0.4, 0.5) is 5.69 Å². The first-order valence-electron chi connectivity index (χ1n) is 9.00. The van der Waals surface area contributed by atoms with Crippen LogP contribution >= 0.6 is 0 Å². The van der Waals surface area contributed by atoms with Gasteiger partial charge in [-0.05, 0) is 18.9 Å². The zero-order valence-electron chi connectivity index (χ0n) is 14.3. The van der Waals surface area contributed by atoms with Gasteiger partial charge in [0.05, 0.1) is 37.8 Å². The van der Waals surface area contributed by atoms with Crippen LogP contribution in [0.15, 0.2) is 24.3 Å². The summed E-state index contributed by atoms with van der Waals surface area (Å²) in [4.78, 5) is 20.0. The first-order valence-corrected chi connectivity index (χ1v) is 9.00. The molecule has 1 aromatic heterocycles. The van der Waals surface area contributed by atoms with Crippen LogP contribution in [-0.2, 0) is 17.6 Å². The van der Waals surface area contributed by atoms with Crippen molar-refractivity contribution in [3.8, 4) is 0 Å². The highest BCUT2D eigenvalue weighted by molar-refractivity contribution is 6.02. The van der Waals surface area contributed by atoms with E-state index in [1.165, 1.54) is 11.3 Å². The van der Waals surface area contributed by atoms with Crippen molar-refractivity contribution < 1.29 is 14.7 Å². The number of anilines is 1. The predicted octanol–water partition coefficient (Wildman–Crippen LogP) is -0.0886. The number of carbonyl (C=O) groups is 1. The van der Waals surface area contributed by atoms with Gasteiger partial charge in [-0.25, -0.2) is 4.98 Å². The van der Waals surface area contributed by atoms with Crippen LogP contribution in [0.2, 0.25) is 0 Å². The number of aromatic nitrogens is 1. The van der Waals surface area contributed by atoms with E-state index in [4.69, 9.17) is 0 Å². The number of likely N-dealkylation sites (N-methyl/N-ethyl adjacent to an activating group) is 1. The van der Waals surface area contributed by atoms with E-state index in [9.17, 15) is 4.79 Å². The molecule has 0 atom stereocenters. The zero-order chi connectivity index (χ0) is 16.5. The molecule has 3 N–H and O–H groups in total. The second kappa shape index (κ2) is 6.49. The summed E-state index contributed by atoms with van der Waals surface area (Å²) in [6.45, 7) is 4.73. The Morgan fingerprint density at radius 3 is 2.88 bits per heavy atom. The van der Waals surface area contributed by atoms with E-state index in [1.54, 1.807) is 4.90 Å². The Hall–Kier alpha value is -1.98. The highest BCUT2D eigenvalue weighted by Crippen LogP contribution is 2.31. The van der Waals surface area contributed by atoms with E-state index in [1.807, 2.05) is 12.1 Å². The number of nitrogens with one attached hydrogen (secondary N) is 3. The van der Waals surface area contributed by atoms with Crippen molar-refractivity contribution in [2.24, 2.45) is 0 Å². The summed E-state index contributed by atoms with van der Waals surface area (Å²) in [7, 11) is 2.22. The molecule has 2 heterocycles. The molecule has 5 heteroatoms. The molecular formula is C19H26N4O+2. The third kappa shape index (κ3) is 3.01. The van der Waals surface area contributed by atoms with Crippen LogP contribution in [0.3, 0.4) is 0 Å². The van der Waals surface area contributed by atoms with Crippen molar-refractivity contribution in [1.29, 1.82) is 0 Å². The fourth-order valence-electron chi connectivity index (χ4n) is 3.91. The largest absolute Gasteiger partial charge is 0.335 e. The van der Waals surface area contributed by atoms with Crippen molar-refractivity contribution in [2.75, 3.05) is 45.1 Å². The van der Waals surface area contributed by atoms with Gasteiger partial charge in [-0.3, -0.25) is 9.69 Å². The molecule has 0 saturated carbocycles. The van der Waals surface area contributed by atoms with Gasteiger partial charge in [-0.1, -0.05) is 12.1 Å². The minimum atomic E-state index is 0.111. The Morgan fingerprint density at radius 2 is 2.04 bits per heavy atom. The minimum absolute atomic E-state index is 0.111. The van der Waals surface area contributed by atoms with Gasteiger partial charge in [-0.2, -0.15) is 0 Å². The van der Waals surface area contributed by atoms with Crippen molar-refractivity contribution in [3.63, 3.8) is 0 Å². The quantitative estimate of drug-likeness (QED) is 0.828. The molecule has 0 unspecified atom stereocenters. The van der Waals surface area contributed by atoms with Gasteiger partial charge in [-0.15, -0.1) is 0 Å². The number of fused-ring (bicyclic) bond motifs is 2. The molecule has 0 bridgehead atoms. The Bertz CT molecular complexity index is 765. The summed E-state index contributed by atoms with van der Waals surface area (Å²) in [6.07, 6.45) is 3.28. The molecule has 1 fully saturated rings. The second-order valence-corrected chi connectivity index (χ2v) is 7.14. The third-order valence-electron chi connectivity index (χ3n) is 5.34. The molecule has 4 rings (SSSR count). The lowest BCUT2D eigenvalue weighted by atomic mass is 10.1. The molecule has 1 aromatic carbocycles. The maximum absolute atomic E-state index is 12.6. The summed E-state index contributed by atoms with van der Waals surface area (Å²) in [5.74, 6) is 0.111. The first-order chi connectivity index (χ1) is 11.7. The van der Waals surface area contributed by atoms with Crippen LogP contribution in [0, 0.1) is 0 Å². The number of quaternary nitrogens is 1. The topological polar surface area (TPSA) is 50.9 Å². The first kappa shape index (κ1) is 15.5. The van der Waals surface area contributed by atoms with Crippen LogP contribution in [-0.4, -0.2) is 50.6 Å². The van der Waals surface area contributed by atoms with Crippen molar-refractivity contribution in [3.05, 3.63) is 35.5 Å². The predicted molar refractivity (Wildman–Crippen MR) is 94.2 cm³/mol. The van der Waals surface area contributed by atoms with E-state index >= 15 is 0 Å². The van der Waals surface area contributed by atoms with Crippen molar-refractivity contribution in [2.45, 2.75) is 19.3 Å². The van der Waals surface area contributed by atoms with E-state index in [0.29, 0.717) is 6.54 Å². The second-order valence-electron chi connectivity index (χ2n) is 7.14. The lowest BCUT2D eigenvalue weighted by molar-refractivity contribution is -0.884. The normalized spacial score (nSPS) is 18.7. The van der Waals surface area contributed by atoms with Gasteiger partial charge in [0.15, 0.2) is 5.69 Å². The van der Waals surface area contributed by atoms with Crippen LogP contribution in [0.25, 0.3) is 10.9 Å². The molecule has 2 aromatic rings. The number of hydrogen-bond acceptors (Lipinski definition) is 2. The van der Waals surface area contributed by atoms with Crippen LogP contribution < -0.4 is 15.2 Å². The number of benzene rings is 1. The van der Waals surface area contributed by atoms with Gasteiger partial charge in [0, 0.05) is 31.1 Å². The lowest BCUT2D eigenvalue weighted by Gasteiger charge is -2.29. The zero-order valence-corrected chi connectivity index (χ0v) is 14.3. The Labute approximate surface area is 142 Å². The molecule has 0 radical (unpaired) electrons. The molecule has 126 valence electrons. The third-order valence-corrected chi connectivity index (χ3v) is 5.34. The van der Waals surface area contributed by atoms with Crippen molar-refractivity contribution in [1.82, 2.24) is 4.90 Å². The fraction of sp³-hybridized carbons (Fsp3) is 0.474. The van der Waals surface area contributed by atoms with Gasteiger partial charge in [0.25, 0.3) is 0 Å². The van der Waals surface area contributed by atoms with Crippen molar-refractivity contribution >= 4 is 22.5 Å². The van der Waals surface area contributed by atoms with E-state index in [0.717, 1.165) is 62.0 Å². The van der Waals surface area contributed by atoms with Crippen LogP contribution in [0.1, 0.15) is 17.7 Å². The van der Waals surface area contributed by atoms with Gasteiger partial charge in [0.2, 0.25) is 11.4 Å². The highest BCUT2D eigenvalue weighted by Gasteiger charge is 2.26. The average molecular weight is 326 g/mol.